The number of hydrogen-bond donors (Lipinski definition) is 2. The third-order valence-corrected chi connectivity index (χ3v) is 3.33. The van der Waals surface area contributed by atoms with Gasteiger partial charge in [0.1, 0.15) is 22.8 Å². The van der Waals surface area contributed by atoms with E-state index in [0.29, 0.717) is 5.56 Å². The van der Waals surface area contributed by atoms with Gasteiger partial charge in [0.05, 0.1) is 20.8 Å². The predicted molar refractivity (Wildman–Crippen MR) is 82.3 cm³/mol. The first kappa shape index (κ1) is 17.1. The van der Waals surface area contributed by atoms with Gasteiger partial charge in [0.15, 0.2) is 0 Å². The molecule has 1 aromatic heterocycles. The Bertz CT molecular complexity index is 837. The number of benzene rings is 1. The first-order valence-corrected chi connectivity index (χ1v) is 6.80. The molecular formula is C16H15NO7. The van der Waals surface area contributed by atoms with Crippen LogP contribution in [0.4, 0.5) is 0 Å². The SMILES string of the molecule is COC(=O)c1c(O)cc(=O)n(Cc2ccc(O)cc2)c1C(=O)OC. The van der Waals surface area contributed by atoms with Crippen molar-refractivity contribution in [2.24, 2.45) is 0 Å². The van der Waals surface area contributed by atoms with E-state index in [1.54, 1.807) is 12.1 Å². The average Bonchev–Trinajstić information content (AvgIpc) is 2.57. The number of rotatable bonds is 4. The van der Waals surface area contributed by atoms with Crippen molar-refractivity contribution in [2.75, 3.05) is 14.2 Å². The van der Waals surface area contributed by atoms with Gasteiger partial charge in [0.25, 0.3) is 5.56 Å². The van der Waals surface area contributed by atoms with Gasteiger partial charge in [0.2, 0.25) is 0 Å². The van der Waals surface area contributed by atoms with Gasteiger partial charge >= 0.3 is 11.9 Å². The number of nitrogens with zero attached hydrogens (tertiary/aromatic N) is 1. The highest BCUT2D eigenvalue weighted by Crippen LogP contribution is 2.22. The number of esters is 2. The van der Waals surface area contributed by atoms with Crippen LogP contribution in [0.15, 0.2) is 35.1 Å². The highest BCUT2D eigenvalue weighted by molar-refractivity contribution is 6.03. The van der Waals surface area contributed by atoms with Crippen molar-refractivity contribution in [3.05, 3.63) is 57.5 Å². The molecule has 1 heterocycles. The Labute approximate surface area is 136 Å². The lowest BCUT2D eigenvalue weighted by Crippen LogP contribution is -2.30. The summed E-state index contributed by atoms with van der Waals surface area (Å²) in [7, 11) is 2.17. The quantitative estimate of drug-likeness (QED) is 0.798. The Hall–Kier alpha value is -3.29. The summed E-state index contributed by atoms with van der Waals surface area (Å²) in [5.74, 6) is -2.58. The maximum atomic E-state index is 12.2. The van der Waals surface area contributed by atoms with E-state index in [2.05, 4.69) is 9.47 Å². The summed E-state index contributed by atoms with van der Waals surface area (Å²) in [5, 5.41) is 19.2. The van der Waals surface area contributed by atoms with E-state index >= 15 is 0 Å². The lowest BCUT2D eigenvalue weighted by atomic mass is 10.1. The molecule has 0 atom stereocenters. The molecule has 0 aliphatic rings. The smallest absolute Gasteiger partial charge is 0.355 e. The highest BCUT2D eigenvalue weighted by Gasteiger charge is 2.27. The van der Waals surface area contributed by atoms with Gasteiger partial charge in [-0.05, 0) is 17.7 Å². The molecule has 8 heteroatoms. The van der Waals surface area contributed by atoms with Gasteiger partial charge in [-0.2, -0.15) is 0 Å². The van der Waals surface area contributed by atoms with E-state index in [9.17, 15) is 24.6 Å². The van der Waals surface area contributed by atoms with Crippen molar-refractivity contribution < 1.29 is 29.3 Å². The van der Waals surface area contributed by atoms with Gasteiger partial charge in [-0.15, -0.1) is 0 Å². The zero-order valence-electron chi connectivity index (χ0n) is 13.0. The maximum absolute atomic E-state index is 12.2. The molecule has 2 aromatic rings. The van der Waals surface area contributed by atoms with Crippen molar-refractivity contribution >= 4 is 11.9 Å². The fraction of sp³-hybridized carbons (Fsp3) is 0.188. The van der Waals surface area contributed by atoms with Gasteiger partial charge in [-0.1, -0.05) is 12.1 Å². The fourth-order valence-corrected chi connectivity index (χ4v) is 2.19. The third-order valence-electron chi connectivity index (χ3n) is 3.33. The molecule has 0 saturated heterocycles. The fourth-order valence-electron chi connectivity index (χ4n) is 2.19. The van der Waals surface area contributed by atoms with Crippen LogP contribution in [0.3, 0.4) is 0 Å². The number of aromatic nitrogens is 1. The second-order valence-electron chi connectivity index (χ2n) is 4.83. The zero-order chi connectivity index (χ0) is 17.9. The minimum absolute atomic E-state index is 0.0419. The van der Waals surface area contributed by atoms with Gasteiger partial charge in [-0.25, -0.2) is 9.59 Å². The van der Waals surface area contributed by atoms with Crippen molar-refractivity contribution in [1.29, 1.82) is 0 Å². The number of aromatic hydroxyl groups is 2. The summed E-state index contributed by atoms with van der Waals surface area (Å²) in [6.45, 7) is -0.0756. The van der Waals surface area contributed by atoms with Crippen LogP contribution in [0, 0.1) is 0 Å². The molecule has 0 aliphatic carbocycles. The van der Waals surface area contributed by atoms with Crippen LogP contribution in [0.5, 0.6) is 11.5 Å². The largest absolute Gasteiger partial charge is 0.508 e. The Morgan fingerprint density at radius 3 is 2.17 bits per heavy atom. The lowest BCUT2D eigenvalue weighted by molar-refractivity contribution is 0.0540. The Morgan fingerprint density at radius 1 is 1.04 bits per heavy atom. The van der Waals surface area contributed by atoms with Crippen LogP contribution in [0.25, 0.3) is 0 Å². The van der Waals surface area contributed by atoms with Crippen LogP contribution in [0.1, 0.15) is 26.4 Å². The number of pyridine rings is 1. The second kappa shape index (κ2) is 6.86. The number of phenols is 1. The van der Waals surface area contributed by atoms with E-state index in [4.69, 9.17) is 0 Å². The Morgan fingerprint density at radius 2 is 1.62 bits per heavy atom. The molecule has 0 saturated carbocycles. The average molecular weight is 333 g/mol. The zero-order valence-corrected chi connectivity index (χ0v) is 13.0. The Balaban J connectivity index is 2.69. The van der Waals surface area contributed by atoms with E-state index < -0.39 is 34.5 Å². The number of hydrogen-bond acceptors (Lipinski definition) is 7. The van der Waals surface area contributed by atoms with Crippen LogP contribution >= 0.6 is 0 Å². The van der Waals surface area contributed by atoms with Crippen LogP contribution in [-0.4, -0.2) is 40.9 Å². The number of methoxy groups -OCH3 is 2. The minimum Gasteiger partial charge on any atom is -0.508 e. The van der Waals surface area contributed by atoms with E-state index in [0.717, 1.165) is 24.9 Å². The highest BCUT2D eigenvalue weighted by atomic mass is 16.5. The predicted octanol–water partition coefficient (Wildman–Crippen LogP) is 0.881. The minimum atomic E-state index is -0.979. The first-order valence-electron chi connectivity index (χ1n) is 6.80. The molecule has 0 amide bonds. The molecule has 0 fully saturated rings. The summed E-state index contributed by atoms with van der Waals surface area (Å²) in [6, 6.07) is 6.75. The van der Waals surface area contributed by atoms with Gasteiger partial charge in [-0.3, -0.25) is 9.36 Å². The molecular weight excluding hydrogens is 318 g/mol. The standard InChI is InChI=1S/C16H15NO7/c1-23-15(21)13-11(19)7-12(20)17(14(13)16(22)24-2)8-9-3-5-10(18)6-4-9/h3-7,18-19H,8H2,1-2H3. The summed E-state index contributed by atoms with van der Waals surface area (Å²) in [4.78, 5) is 36.2. The Kier molecular flexibility index (Phi) is 4.88. The summed E-state index contributed by atoms with van der Waals surface area (Å²) >= 11 is 0. The van der Waals surface area contributed by atoms with Crippen LogP contribution in [0.2, 0.25) is 0 Å². The van der Waals surface area contributed by atoms with E-state index in [1.165, 1.54) is 12.1 Å². The molecule has 0 spiro atoms. The molecule has 2 rings (SSSR count). The van der Waals surface area contributed by atoms with Crippen molar-refractivity contribution in [2.45, 2.75) is 6.54 Å². The third kappa shape index (κ3) is 3.22. The summed E-state index contributed by atoms with van der Waals surface area (Å²) in [6.07, 6.45) is 0. The first-order chi connectivity index (χ1) is 11.4. The topological polar surface area (TPSA) is 115 Å². The monoisotopic (exact) mass is 333 g/mol. The summed E-state index contributed by atoms with van der Waals surface area (Å²) < 4.78 is 10.2. The molecule has 126 valence electrons. The lowest BCUT2D eigenvalue weighted by Gasteiger charge is -2.15. The van der Waals surface area contributed by atoms with Crippen molar-refractivity contribution in [3.8, 4) is 11.5 Å². The number of carbonyl (C=O) groups excluding carboxylic acids is 2. The maximum Gasteiger partial charge on any atom is 0.355 e. The van der Waals surface area contributed by atoms with Crippen molar-refractivity contribution in [3.63, 3.8) is 0 Å². The molecule has 0 bridgehead atoms. The molecule has 0 aliphatic heterocycles. The number of carbonyl (C=O) groups is 2. The summed E-state index contributed by atoms with van der Waals surface area (Å²) in [5.41, 5.74) is -0.986. The molecule has 2 N–H and O–H groups in total. The van der Waals surface area contributed by atoms with Gasteiger partial charge < -0.3 is 19.7 Å². The normalized spacial score (nSPS) is 10.2. The van der Waals surface area contributed by atoms with Crippen molar-refractivity contribution in [1.82, 2.24) is 4.57 Å². The van der Waals surface area contributed by atoms with Crippen LogP contribution in [-0.2, 0) is 16.0 Å². The van der Waals surface area contributed by atoms with E-state index in [1.807, 2.05) is 0 Å². The second-order valence-corrected chi connectivity index (χ2v) is 4.83. The molecule has 1 aromatic carbocycles. The number of ether oxygens (including phenoxy) is 2. The van der Waals surface area contributed by atoms with Crippen LogP contribution < -0.4 is 5.56 Å². The molecule has 8 nitrogen and oxygen atoms in total. The van der Waals surface area contributed by atoms with E-state index in [-0.39, 0.29) is 12.3 Å². The van der Waals surface area contributed by atoms with Gasteiger partial charge in [0, 0.05) is 6.07 Å². The molecule has 24 heavy (non-hydrogen) atoms. The molecule has 0 radical (unpaired) electrons. The number of phenolic OH excluding ortho intramolecular Hbond substituents is 1. The molecule has 0 unspecified atom stereocenters.